The lowest BCUT2D eigenvalue weighted by molar-refractivity contribution is -0.123. The Kier molecular flexibility index (Phi) is 2.91. The quantitative estimate of drug-likeness (QED) is 0.901. The molecule has 1 heterocycles. The molecule has 19 heavy (non-hydrogen) atoms. The fourth-order valence-corrected chi connectivity index (χ4v) is 2.98. The van der Waals surface area contributed by atoms with E-state index in [0.717, 1.165) is 35.2 Å². The zero-order chi connectivity index (χ0) is 13.5. The second-order valence-electron chi connectivity index (χ2n) is 4.82. The van der Waals surface area contributed by atoms with Crippen LogP contribution in [0.3, 0.4) is 0 Å². The zero-order valence-electron chi connectivity index (χ0n) is 10.6. The number of fused-ring (bicyclic) bond motifs is 1. The first-order valence-corrected chi connectivity index (χ1v) is 6.97. The van der Waals surface area contributed by atoms with Crippen LogP contribution in [0.25, 0.3) is 10.2 Å². The van der Waals surface area contributed by atoms with E-state index in [2.05, 4.69) is 10.3 Å². The minimum Gasteiger partial charge on any atom is -0.497 e. The maximum atomic E-state index is 12.0. The first-order chi connectivity index (χ1) is 9.10. The third-order valence-corrected chi connectivity index (χ3v) is 4.45. The van der Waals surface area contributed by atoms with Crippen molar-refractivity contribution in [2.45, 2.75) is 24.8 Å². The molecule has 1 aliphatic carbocycles. The van der Waals surface area contributed by atoms with Gasteiger partial charge in [-0.1, -0.05) is 11.3 Å². The van der Waals surface area contributed by atoms with Crippen molar-refractivity contribution >= 4 is 32.6 Å². The number of hydrogen-bond acceptors (Lipinski definition) is 5. The molecular weight excluding hydrogens is 262 g/mol. The summed E-state index contributed by atoms with van der Waals surface area (Å²) in [6, 6.07) is 5.64. The van der Waals surface area contributed by atoms with Crippen molar-refractivity contribution in [3.05, 3.63) is 18.2 Å². The Morgan fingerprint density at radius 2 is 2.32 bits per heavy atom. The number of aromatic nitrogens is 1. The molecule has 1 fully saturated rings. The van der Waals surface area contributed by atoms with Crippen molar-refractivity contribution in [3.8, 4) is 5.75 Å². The first-order valence-electron chi connectivity index (χ1n) is 6.16. The van der Waals surface area contributed by atoms with Gasteiger partial charge in [0.15, 0.2) is 5.13 Å². The number of anilines is 1. The van der Waals surface area contributed by atoms with Crippen molar-refractivity contribution in [1.82, 2.24) is 4.98 Å². The molecule has 6 heteroatoms. The number of thiazole rings is 1. The van der Waals surface area contributed by atoms with Gasteiger partial charge in [0.2, 0.25) is 5.91 Å². The van der Waals surface area contributed by atoms with E-state index in [4.69, 9.17) is 10.5 Å². The van der Waals surface area contributed by atoms with Crippen molar-refractivity contribution in [3.63, 3.8) is 0 Å². The third-order valence-electron chi connectivity index (χ3n) is 3.51. The Balaban J connectivity index is 1.83. The number of carbonyl (C=O) groups is 1. The van der Waals surface area contributed by atoms with Gasteiger partial charge in [-0.15, -0.1) is 0 Å². The van der Waals surface area contributed by atoms with Gasteiger partial charge in [-0.3, -0.25) is 4.79 Å². The average molecular weight is 277 g/mol. The number of rotatable bonds is 3. The minimum absolute atomic E-state index is 0.134. The number of carbonyl (C=O) groups excluding carboxylic acids is 1. The molecule has 0 spiro atoms. The van der Waals surface area contributed by atoms with Crippen LogP contribution in [0, 0.1) is 0 Å². The first kappa shape index (κ1) is 12.4. The zero-order valence-corrected chi connectivity index (χ0v) is 11.4. The standard InChI is InChI=1S/C13H15N3O2S/c1-18-8-3-4-9-10(7-8)19-12(15-9)16-11(17)13(14)5-2-6-13/h3-4,7H,2,5-6,14H2,1H3,(H,15,16,17). The van der Waals surface area contributed by atoms with Crippen LogP contribution in [0.5, 0.6) is 5.75 Å². The number of nitrogens with two attached hydrogens (primary N) is 1. The van der Waals surface area contributed by atoms with Crippen molar-refractivity contribution in [2.24, 2.45) is 5.73 Å². The van der Waals surface area contributed by atoms with Gasteiger partial charge in [0.25, 0.3) is 0 Å². The Bertz CT molecular complexity index is 634. The molecule has 0 radical (unpaired) electrons. The molecule has 100 valence electrons. The van der Waals surface area contributed by atoms with Crippen LogP contribution in [0.4, 0.5) is 5.13 Å². The Hall–Kier alpha value is -1.66. The monoisotopic (exact) mass is 277 g/mol. The lowest BCUT2D eigenvalue weighted by Gasteiger charge is -2.35. The number of methoxy groups -OCH3 is 1. The molecule has 0 unspecified atom stereocenters. The van der Waals surface area contributed by atoms with E-state index >= 15 is 0 Å². The molecule has 0 aliphatic heterocycles. The molecule has 1 amide bonds. The molecule has 1 aliphatic rings. The van der Waals surface area contributed by atoms with Crippen LogP contribution in [0.15, 0.2) is 18.2 Å². The van der Waals surface area contributed by atoms with Crippen LogP contribution in [0.1, 0.15) is 19.3 Å². The lowest BCUT2D eigenvalue weighted by Crippen LogP contribution is -2.56. The number of amides is 1. The number of nitrogens with zero attached hydrogens (tertiary/aromatic N) is 1. The normalized spacial score (nSPS) is 16.9. The fourth-order valence-electron chi connectivity index (χ4n) is 2.09. The highest BCUT2D eigenvalue weighted by Gasteiger charge is 2.40. The van der Waals surface area contributed by atoms with Crippen LogP contribution < -0.4 is 15.8 Å². The van der Waals surface area contributed by atoms with E-state index in [1.807, 2.05) is 18.2 Å². The van der Waals surface area contributed by atoms with Gasteiger partial charge in [0.05, 0.1) is 22.9 Å². The van der Waals surface area contributed by atoms with Crippen LogP contribution >= 0.6 is 11.3 Å². The summed E-state index contributed by atoms with van der Waals surface area (Å²) in [4.78, 5) is 16.4. The number of hydrogen-bond donors (Lipinski definition) is 2. The summed E-state index contributed by atoms with van der Waals surface area (Å²) in [6.45, 7) is 0. The second kappa shape index (κ2) is 4.47. The molecule has 5 nitrogen and oxygen atoms in total. The maximum Gasteiger partial charge on any atom is 0.246 e. The second-order valence-corrected chi connectivity index (χ2v) is 5.85. The summed E-state index contributed by atoms with van der Waals surface area (Å²) in [6.07, 6.45) is 2.51. The predicted molar refractivity (Wildman–Crippen MR) is 75.6 cm³/mol. The molecule has 3 rings (SSSR count). The highest BCUT2D eigenvalue weighted by molar-refractivity contribution is 7.22. The van der Waals surface area contributed by atoms with Gasteiger partial charge in [-0.25, -0.2) is 4.98 Å². The van der Waals surface area contributed by atoms with E-state index < -0.39 is 5.54 Å². The summed E-state index contributed by atoms with van der Waals surface area (Å²) in [5, 5.41) is 3.40. The maximum absolute atomic E-state index is 12.0. The van der Waals surface area contributed by atoms with Crippen molar-refractivity contribution in [1.29, 1.82) is 0 Å². The van der Waals surface area contributed by atoms with Crippen LogP contribution in [0.2, 0.25) is 0 Å². The number of benzene rings is 1. The van der Waals surface area contributed by atoms with E-state index in [-0.39, 0.29) is 5.91 Å². The van der Waals surface area contributed by atoms with Crippen LogP contribution in [-0.4, -0.2) is 23.5 Å². The minimum atomic E-state index is -0.699. The summed E-state index contributed by atoms with van der Waals surface area (Å²) in [7, 11) is 1.62. The SMILES string of the molecule is COc1ccc2nc(NC(=O)C3(N)CCC3)sc2c1. The summed E-state index contributed by atoms with van der Waals surface area (Å²) < 4.78 is 6.15. The number of nitrogens with one attached hydrogen (secondary N) is 1. The highest BCUT2D eigenvalue weighted by Crippen LogP contribution is 2.33. The van der Waals surface area contributed by atoms with E-state index in [9.17, 15) is 4.79 Å². The van der Waals surface area contributed by atoms with Gasteiger partial charge in [0.1, 0.15) is 5.75 Å². The molecule has 2 aromatic rings. The number of ether oxygens (including phenoxy) is 1. The molecule has 1 aromatic heterocycles. The van der Waals surface area contributed by atoms with Gasteiger partial charge >= 0.3 is 0 Å². The summed E-state index contributed by atoms with van der Waals surface area (Å²) >= 11 is 1.43. The third kappa shape index (κ3) is 2.17. The molecule has 0 saturated heterocycles. The van der Waals surface area contributed by atoms with Gasteiger partial charge in [0, 0.05) is 0 Å². The topological polar surface area (TPSA) is 77.2 Å². The summed E-state index contributed by atoms with van der Waals surface area (Å²) in [5.74, 6) is 0.646. The average Bonchev–Trinajstić information content (AvgIpc) is 2.76. The predicted octanol–water partition coefficient (Wildman–Crippen LogP) is 2.12. The van der Waals surface area contributed by atoms with Crippen molar-refractivity contribution in [2.75, 3.05) is 12.4 Å². The van der Waals surface area contributed by atoms with E-state index in [1.165, 1.54) is 11.3 Å². The Labute approximate surface area is 114 Å². The molecule has 0 bridgehead atoms. The fraction of sp³-hybridized carbons (Fsp3) is 0.385. The molecule has 1 aromatic carbocycles. The van der Waals surface area contributed by atoms with Crippen molar-refractivity contribution < 1.29 is 9.53 Å². The molecule has 0 atom stereocenters. The Morgan fingerprint density at radius 1 is 1.53 bits per heavy atom. The van der Waals surface area contributed by atoms with E-state index in [1.54, 1.807) is 7.11 Å². The van der Waals surface area contributed by atoms with Gasteiger partial charge < -0.3 is 15.8 Å². The molecular formula is C13H15N3O2S. The van der Waals surface area contributed by atoms with Gasteiger partial charge in [-0.2, -0.15) is 0 Å². The lowest BCUT2D eigenvalue weighted by atomic mass is 9.77. The molecule has 3 N–H and O–H groups in total. The Morgan fingerprint density at radius 3 is 2.95 bits per heavy atom. The summed E-state index contributed by atoms with van der Waals surface area (Å²) in [5.41, 5.74) is 6.13. The largest absolute Gasteiger partial charge is 0.497 e. The highest BCUT2D eigenvalue weighted by atomic mass is 32.1. The van der Waals surface area contributed by atoms with E-state index in [0.29, 0.717) is 5.13 Å². The van der Waals surface area contributed by atoms with Crippen LogP contribution in [-0.2, 0) is 4.79 Å². The smallest absolute Gasteiger partial charge is 0.246 e. The molecule has 1 saturated carbocycles. The van der Waals surface area contributed by atoms with Gasteiger partial charge in [-0.05, 0) is 37.5 Å².